The molecule has 0 spiro atoms. The summed E-state index contributed by atoms with van der Waals surface area (Å²) in [4.78, 5) is 23.3. The maximum Gasteiger partial charge on any atom is 0.262 e. The SMILES string of the molecule is COCCCNC(=O)c1cccc2c1NC(=O)CO2. The molecule has 0 saturated carbocycles. The minimum Gasteiger partial charge on any atom is -0.482 e. The number of benzene rings is 1. The number of carbonyl (C=O) groups is 2. The van der Waals surface area contributed by atoms with Gasteiger partial charge in [0, 0.05) is 20.3 Å². The zero-order valence-corrected chi connectivity index (χ0v) is 10.7. The second kappa shape index (κ2) is 6.19. The first-order chi connectivity index (χ1) is 9.22. The minimum absolute atomic E-state index is 0.0219. The Labute approximate surface area is 111 Å². The highest BCUT2D eigenvalue weighted by Crippen LogP contribution is 2.30. The van der Waals surface area contributed by atoms with E-state index in [0.29, 0.717) is 30.2 Å². The summed E-state index contributed by atoms with van der Waals surface area (Å²) < 4.78 is 10.2. The zero-order chi connectivity index (χ0) is 13.7. The molecule has 2 N–H and O–H groups in total. The van der Waals surface area contributed by atoms with Crippen molar-refractivity contribution in [1.29, 1.82) is 0 Å². The first-order valence-corrected chi connectivity index (χ1v) is 6.05. The zero-order valence-electron chi connectivity index (χ0n) is 10.7. The van der Waals surface area contributed by atoms with Crippen LogP contribution in [0.1, 0.15) is 16.8 Å². The highest BCUT2D eigenvalue weighted by Gasteiger charge is 2.21. The number of hydrogen-bond acceptors (Lipinski definition) is 4. The molecule has 1 aromatic rings. The molecule has 0 aliphatic carbocycles. The Morgan fingerprint density at radius 2 is 2.37 bits per heavy atom. The highest BCUT2D eigenvalue weighted by molar-refractivity contribution is 6.06. The summed E-state index contributed by atoms with van der Waals surface area (Å²) in [5.74, 6) is 0.0232. The molecule has 1 aliphatic heterocycles. The van der Waals surface area contributed by atoms with Crippen LogP contribution in [0.5, 0.6) is 5.75 Å². The van der Waals surface area contributed by atoms with Gasteiger partial charge in [0.15, 0.2) is 6.61 Å². The fourth-order valence-corrected chi connectivity index (χ4v) is 1.80. The number of amides is 2. The molecule has 0 fully saturated rings. The van der Waals surface area contributed by atoms with Crippen LogP contribution in [0.2, 0.25) is 0 Å². The van der Waals surface area contributed by atoms with E-state index in [1.54, 1.807) is 25.3 Å². The van der Waals surface area contributed by atoms with Crippen molar-refractivity contribution in [2.45, 2.75) is 6.42 Å². The van der Waals surface area contributed by atoms with Gasteiger partial charge in [0.2, 0.25) is 0 Å². The van der Waals surface area contributed by atoms with Crippen molar-refractivity contribution in [3.63, 3.8) is 0 Å². The lowest BCUT2D eigenvalue weighted by atomic mass is 10.1. The normalized spacial score (nSPS) is 13.2. The lowest BCUT2D eigenvalue weighted by Crippen LogP contribution is -2.30. The fraction of sp³-hybridized carbons (Fsp3) is 0.385. The van der Waals surface area contributed by atoms with Crippen molar-refractivity contribution in [2.75, 3.05) is 32.2 Å². The maximum atomic E-state index is 12.0. The number of para-hydroxylation sites is 1. The van der Waals surface area contributed by atoms with Crippen molar-refractivity contribution in [2.24, 2.45) is 0 Å². The van der Waals surface area contributed by atoms with E-state index in [1.165, 1.54) is 0 Å². The van der Waals surface area contributed by atoms with Crippen LogP contribution in [0.3, 0.4) is 0 Å². The van der Waals surface area contributed by atoms with Crippen LogP contribution in [-0.4, -0.2) is 38.7 Å². The first-order valence-electron chi connectivity index (χ1n) is 6.05. The lowest BCUT2D eigenvalue weighted by Gasteiger charge is -2.20. The Bertz CT molecular complexity index is 488. The van der Waals surface area contributed by atoms with E-state index in [0.717, 1.165) is 6.42 Å². The van der Waals surface area contributed by atoms with Gasteiger partial charge in [0.05, 0.1) is 11.3 Å². The molecule has 2 amide bonds. The van der Waals surface area contributed by atoms with E-state index in [-0.39, 0.29) is 18.4 Å². The van der Waals surface area contributed by atoms with Crippen LogP contribution >= 0.6 is 0 Å². The number of fused-ring (bicyclic) bond motifs is 1. The van der Waals surface area contributed by atoms with Crippen molar-refractivity contribution < 1.29 is 19.1 Å². The molecule has 6 heteroatoms. The molecule has 0 aromatic heterocycles. The van der Waals surface area contributed by atoms with Gasteiger partial charge in [-0.2, -0.15) is 0 Å². The average molecular weight is 264 g/mol. The summed E-state index contributed by atoms with van der Waals surface area (Å²) in [5.41, 5.74) is 0.839. The molecule has 19 heavy (non-hydrogen) atoms. The van der Waals surface area contributed by atoms with E-state index < -0.39 is 0 Å². The summed E-state index contributed by atoms with van der Waals surface area (Å²) in [6, 6.07) is 5.09. The van der Waals surface area contributed by atoms with Gasteiger partial charge < -0.3 is 20.1 Å². The fourth-order valence-electron chi connectivity index (χ4n) is 1.80. The van der Waals surface area contributed by atoms with Gasteiger partial charge >= 0.3 is 0 Å². The first kappa shape index (κ1) is 13.4. The van der Waals surface area contributed by atoms with Crippen molar-refractivity contribution in [3.05, 3.63) is 23.8 Å². The van der Waals surface area contributed by atoms with Gasteiger partial charge in [-0.15, -0.1) is 0 Å². The number of rotatable bonds is 5. The molecule has 102 valence electrons. The Hall–Kier alpha value is -2.08. The minimum atomic E-state index is -0.257. The summed E-state index contributed by atoms with van der Waals surface area (Å²) >= 11 is 0. The third-order valence-corrected chi connectivity index (χ3v) is 2.70. The lowest BCUT2D eigenvalue weighted by molar-refractivity contribution is -0.118. The molecular weight excluding hydrogens is 248 g/mol. The van der Waals surface area contributed by atoms with Crippen LogP contribution in [-0.2, 0) is 9.53 Å². The third-order valence-electron chi connectivity index (χ3n) is 2.70. The molecule has 0 saturated heterocycles. The van der Waals surface area contributed by atoms with E-state index in [9.17, 15) is 9.59 Å². The predicted octanol–water partition coefficient (Wildman–Crippen LogP) is 0.784. The average Bonchev–Trinajstić information content (AvgIpc) is 2.42. The molecule has 0 atom stereocenters. The van der Waals surface area contributed by atoms with Gasteiger partial charge in [0.25, 0.3) is 11.8 Å². The Balaban J connectivity index is 2.07. The van der Waals surface area contributed by atoms with Crippen LogP contribution in [0.15, 0.2) is 18.2 Å². The number of hydrogen-bond donors (Lipinski definition) is 2. The molecular formula is C13H16N2O4. The standard InChI is InChI=1S/C13H16N2O4/c1-18-7-3-6-14-13(17)9-4-2-5-10-12(9)15-11(16)8-19-10/h2,4-5H,3,6-8H2,1H3,(H,14,17)(H,15,16). The van der Waals surface area contributed by atoms with E-state index in [4.69, 9.17) is 9.47 Å². The number of ether oxygens (including phenoxy) is 2. The monoisotopic (exact) mass is 264 g/mol. The largest absolute Gasteiger partial charge is 0.482 e. The van der Waals surface area contributed by atoms with E-state index in [1.807, 2.05) is 0 Å². The highest BCUT2D eigenvalue weighted by atomic mass is 16.5. The molecule has 1 aromatic carbocycles. The maximum absolute atomic E-state index is 12.0. The molecule has 6 nitrogen and oxygen atoms in total. The molecule has 0 unspecified atom stereocenters. The summed E-state index contributed by atoms with van der Waals surface area (Å²) in [5, 5.41) is 5.43. The number of carbonyl (C=O) groups excluding carboxylic acids is 2. The number of anilines is 1. The van der Waals surface area contributed by atoms with Crippen molar-refractivity contribution >= 4 is 17.5 Å². The van der Waals surface area contributed by atoms with Crippen LogP contribution in [0.25, 0.3) is 0 Å². The quantitative estimate of drug-likeness (QED) is 0.771. The van der Waals surface area contributed by atoms with Crippen molar-refractivity contribution in [3.8, 4) is 5.75 Å². The molecule has 0 bridgehead atoms. The predicted molar refractivity (Wildman–Crippen MR) is 69.4 cm³/mol. The molecule has 1 heterocycles. The van der Waals surface area contributed by atoms with Crippen LogP contribution in [0, 0.1) is 0 Å². The smallest absolute Gasteiger partial charge is 0.262 e. The summed E-state index contributed by atoms with van der Waals surface area (Å²) in [6.45, 7) is 1.09. The van der Waals surface area contributed by atoms with Gasteiger partial charge in [-0.05, 0) is 18.6 Å². The van der Waals surface area contributed by atoms with Gasteiger partial charge in [-0.1, -0.05) is 6.07 Å². The van der Waals surface area contributed by atoms with Gasteiger partial charge in [-0.3, -0.25) is 9.59 Å². The molecule has 2 rings (SSSR count). The summed E-state index contributed by atoms with van der Waals surface area (Å²) in [7, 11) is 1.61. The molecule has 1 aliphatic rings. The van der Waals surface area contributed by atoms with Crippen LogP contribution < -0.4 is 15.4 Å². The number of nitrogens with one attached hydrogen (secondary N) is 2. The Morgan fingerprint density at radius 3 is 3.16 bits per heavy atom. The third kappa shape index (κ3) is 3.23. The van der Waals surface area contributed by atoms with Crippen molar-refractivity contribution in [1.82, 2.24) is 5.32 Å². The second-order valence-corrected chi connectivity index (χ2v) is 4.12. The Morgan fingerprint density at radius 1 is 1.53 bits per heavy atom. The topological polar surface area (TPSA) is 76.7 Å². The van der Waals surface area contributed by atoms with E-state index >= 15 is 0 Å². The molecule has 0 radical (unpaired) electrons. The number of methoxy groups -OCH3 is 1. The Kier molecular flexibility index (Phi) is 4.35. The summed E-state index contributed by atoms with van der Waals surface area (Å²) in [6.07, 6.45) is 0.736. The second-order valence-electron chi connectivity index (χ2n) is 4.12. The van der Waals surface area contributed by atoms with E-state index in [2.05, 4.69) is 10.6 Å². The van der Waals surface area contributed by atoms with Gasteiger partial charge in [0.1, 0.15) is 5.75 Å². The van der Waals surface area contributed by atoms with Gasteiger partial charge in [-0.25, -0.2) is 0 Å². The van der Waals surface area contributed by atoms with Crippen LogP contribution in [0.4, 0.5) is 5.69 Å².